The van der Waals surface area contributed by atoms with Gasteiger partial charge in [0, 0.05) is 25.3 Å². The van der Waals surface area contributed by atoms with E-state index in [0.29, 0.717) is 6.04 Å². The third-order valence-electron chi connectivity index (χ3n) is 3.70. The Hall–Kier alpha value is -0.390. The van der Waals surface area contributed by atoms with Gasteiger partial charge in [0.25, 0.3) is 0 Å². The molecule has 4 nitrogen and oxygen atoms in total. The van der Waals surface area contributed by atoms with E-state index in [1.807, 2.05) is 17.1 Å². The van der Waals surface area contributed by atoms with Crippen molar-refractivity contribution in [3.8, 4) is 0 Å². The molecule has 0 aromatic carbocycles. The molecule has 102 valence electrons. The van der Waals surface area contributed by atoms with E-state index in [4.69, 9.17) is 0 Å². The highest BCUT2D eigenvalue weighted by Crippen LogP contribution is 2.22. The number of hydrogen-bond acceptors (Lipinski definition) is 3. The molecule has 2 rings (SSSR count). The molecule has 0 unspecified atom stereocenters. The fourth-order valence-electron chi connectivity index (χ4n) is 2.74. The van der Waals surface area contributed by atoms with Crippen LogP contribution in [0.2, 0.25) is 0 Å². The van der Waals surface area contributed by atoms with Gasteiger partial charge in [0.05, 0.1) is 23.8 Å². The second-order valence-electron chi connectivity index (χ2n) is 4.97. The molecule has 1 aromatic heterocycles. The second-order valence-corrected chi connectivity index (χ2v) is 5.89. The Balaban J connectivity index is 1.85. The molecule has 0 atom stereocenters. The van der Waals surface area contributed by atoms with Gasteiger partial charge in [-0.3, -0.25) is 9.58 Å². The van der Waals surface area contributed by atoms with E-state index in [-0.39, 0.29) is 6.61 Å². The summed E-state index contributed by atoms with van der Waals surface area (Å²) in [5, 5.41) is 13.5. The van der Waals surface area contributed by atoms with Crippen LogP contribution in [0.3, 0.4) is 0 Å². The highest BCUT2D eigenvalue weighted by atomic mass is 79.9. The average Bonchev–Trinajstić information content (AvgIpc) is 2.81. The maximum atomic E-state index is 9.20. The fraction of sp³-hybridized carbons (Fsp3) is 0.769. The van der Waals surface area contributed by atoms with E-state index in [1.165, 1.54) is 32.1 Å². The molecule has 0 saturated heterocycles. The van der Waals surface area contributed by atoms with Crippen molar-refractivity contribution in [1.82, 2.24) is 14.7 Å². The fourth-order valence-corrected chi connectivity index (χ4v) is 3.07. The van der Waals surface area contributed by atoms with E-state index in [1.54, 1.807) is 0 Å². The number of halogens is 1. The van der Waals surface area contributed by atoms with Crippen LogP contribution >= 0.6 is 15.9 Å². The average molecular weight is 316 g/mol. The van der Waals surface area contributed by atoms with Gasteiger partial charge in [-0.25, -0.2) is 0 Å². The molecule has 1 aromatic rings. The van der Waals surface area contributed by atoms with E-state index in [9.17, 15) is 5.11 Å². The van der Waals surface area contributed by atoms with Crippen molar-refractivity contribution in [1.29, 1.82) is 0 Å². The van der Waals surface area contributed by atoms with Crippen molar-refractivity contribution in [3.63, 3.8) is 0 Å². The summed E-state index contributed by atoms with van der Waals surface area (Å²) in [6.07, 6.45) is 10.4. The predicted octanol–water partition coefficient (Wildman–Crippen LogP) is 2.27. The molecule has 1 fully saturated rings. The third kappa shape index (κ3) is 4.07. The molecule has 0 spiro atoms. The Morgan fingerprint density at radius 2 is 2.11 bits per heavy atom. The van der Waals surface area contributed by atoms with Crippen molar-refractivity contribution < 1.29 is 5.11 Å². The van der Waals surface area contributed by atoms with Gasteiger partial charge < -0.3 is 5.11 Å². The zero-order valence-corrected chi connectivity index (χ0v) is 12.3. The van der Waals surface area contributed by atoms with Gasteiger partial charge in [-0.05, 0) is 28.8 Å². The van der Waals surface area contributed by atoms with Crippen molar-refractivity contribution in [2.45, 2.75) is 44.7 Å². The molecule has 18 heavy (non-hydrogen) atoms. The van der Waals surface area contributed by atoms with Crippen LogP contribution in [0.1, 0.15) is 32.1 Å². The first kappa shape index (κ1) is 14.0. The highest BCUT2D eigenvalue weighted by Gasteiger charge is 2.20. The Morgan fingerprint density at radius 1 is 1.33 bits per heavy atom. The molecule has 1 aliphatic rings. The SMILES string of the molecule is OCCN(CCn1cc(Br)cn1)C1CCCCC1. The van der Waals surface area contributed by atoms with Crippen LogP contribution in [0.15, 0.2) is 16.9 Å². The molecule has 5 heteroatoms. The van der Waals surface area contributed by atoms with Crippen molar-refractivity contribution >= 4 is 15.9 Å². The zero-order chi connectivity index (χ0) is 12.8. The summed E-state index contributed by atoms with van der Waals surface area (Å²) < 4.78 is 2.98. The number of aliphatic hydroxyl groups is 1. The number of nitrogens with zero attached hydrogens (tertiary/aromatic N) is 3. The second kappa shape index (κ2) is 7.26. The monoisotopic (exact) mass is 315 g/mol. The quantitative estimate of drug-likeness (QED) is 0.875. The lowest BCUT2D eigenvalue weighted by atomic mass is 9.94. The molecule has 0 amide bonds. The Bertz CT molecular complexity index is 350. The first-order valence-corrected chi connectivity index (χ1v) is 7.62. The van der Waals surface area contributed by atoms with E-state index in [0.717, 1.165) is 24.1 Å². The van der Waals surface area contributed by atoms with Crippen LogP contribution in [-0.2, 0) is 6.54 Å². The van der Waals surface area contributed by atoms with Crippen LogP contribution in [-0.4, -0.2) is 45.5 Å². The zero-order valence-electron chi connectivity index (χ0n) is 10.8. The van der Waals surface area contributed by atoms with Gasteiger partial charge in [0.1, 0.15) is 0 Å². The summed E-state index contributed by atoms with van der Waals surface area (Å²) in [5.41, 5.74) is 0. The summed E-state index contributed by atoms with van der Waals surface area (Å²) in [7, 11) is 0. The standard InChI is InChI=1S/C13H22BrN3O/c14-12-10-15-17(11-12)7-6-16(8-9-18)13-4-2-1-3-5-13/h10-11,13,18H,1-9H2. The van der Waals surface area contributed by atoms with Crippen LogP contribution in [0.25, 0.3) is 0 Å². The number of rotatable bonds is 6. The molecule has 0 aliphatic heterocycles. The van der Waals surface area contributed by atoms with Crippen molar-refractivity contribution in [2.75, 3.05) is 19.7 Å². The van der Waals surface area contributed by atoms with Gasteiger partial charge in [-0.2, -0.15) is 5.10 Å². The van der Waals surface area contributed by atoms with E-state index < -0.39 is 0 Å². The first-order valence-electron chi connectivity index (χ1n) is 6.82. The molecule has 0 radical (unpaired) electrons. The van der Waals surface area contributed by atoms with Crippen LogP contribution in [0.5, 0.6) is 0 Å². The minimum absolute atomic E-state index is 0.249. The Morgan fingerprint density at radius 3 is 2.72 bits per heavy atom. The molecule has 1 N–H and O–H groups in total. The van der Waals surface area contributed by atoms with Crippen molar-refractivity contribution in [2.24, 2.45) is 0 Å². The van der Waals surface area contributed by atoms with Gasteiger partial charge in [0.2, 0.25) is 0 Å². The van der Waals surface area contributed by atoms with Crippen LogP contribution < -0.4 is 0 Å². The lowest BCUT2D eigenvalue weighted by Gasteiger charge is -2.33. The van der Waals surface area contributed by atoms with E-state index >= 15 is 0 Å². The summed E-state index contributed by atoms with van der Waals surface area (Å²) >= 11 is 3.41. The minimum Gasteiger partial charge on any atom is -0.395 e. The maximum absolute atomic E-state index is 9.20. The van der Waals surface area contributed by atoms with Crippen LogP contribution in [0.4, 0.5) is 0 Å². The molecule has 1 saturated carbocycles. The van der Waals surface area contributed by atoms with Gasteiger partial charge in [-0.1, -0.05) is 19.3 Å². The Labute approximate surface area is 117 Å². The third-order valence-corrected chi connectivity index (χ3v) is 4.11. The normalized spacial score (nSPS) is 17.5. The van der Waals surface area contributed by atoms with Gasteiger partial charge >= 0.3 is 0 Å². The van der Waals surface area contributed by atoms with Crippen molar-refractivity contribution in [3.05, 3.63) is 16.9 Å². The Kier molecular flexibility index (Phi) is 5.66. The predicted molar refractivity (Wildman–Crippen MR) is 75.5 cm³/mol. The number of aliphatic hydroxyl groups excluding tert-OH is 1. The smallest absolute Gasteiger partial charge is 0.0632 e. The summed E-state index contributed by atoms with van der Waals surface area (Å²) in [5.74, 6) is 0. The highest BCUT2D eigenvalue weighted by molar-refractivity contribution is 9.10. The maximum Gasteiger partial charge on any atom is 0.0632 e. The first-order chi connectivity index (χ1) is 8.79. The molecule has 1 heterocycles. The van der Waals surface area contributed by atoms with Gasteiger partial charge in [0.15, 0.2) is 0 Å². The van der Waals surface area contributed by atoms with Gasteiger partial charge in [-0.15, -0.1) is 0 Å². The van der Waals surface area contributed by atoms with E-state index in [2.05, 4.69) is 25.9 Å². The largest absolute Gasteiger partial charge is 0.395 e. The lowest BCUT2D eigenvalue weighted by Crippen LogP contribution is -2.40. The molecule has 0 bridgehead atoms. The summed E-state index contributed by atoms with van der Waals surface area (Å²) in [6, 6.07) is 0.657. The molecule has 1 aliphatic carbocycles. The number of hydrogen-bond donors (Lipinski definition) is 1. The summed E-state index contributed by atoms with van der Waals surface area (Å²) in [4.78, 5) is 2.43. The van der Waals surface area contributed by atoms with Crippen LogP contribution in [0, 0.1) is 0 Å². The summed E-state index contributed by atoms with van der Waals surface area (Å²) in [6.45, 7) is 2.90. The minimum atomic E-state index is 0.249. The lowest BCUT2D eigenvalue weighted by molar-refractivity contribution is 0.119. The topological polar surface area (TPSA) is 41.3 Å². The molecular formula is C13H22BrN3O. The number of aromatic nitrogens is 2. The molecular weight excluding hydrogens is 294 g/mol.